The molecular formula is C14H22FN3O2S. The molecule has 0 aromatic heterocycles. The number of halogens is 1. The molecule has 1 aliphatic heterocycles. The average Bonchev–Trinajstić information content (AvgIpc) is 2.44. The summed E-state index contributed by atoms with van der Waals surface area (Å²) in [6, 6.07) is 3.87. The molecule has 0 unspecified atom stereocenters. The summed E-state index contributed by atoms with van der Waals surface area (Å²) in [5.74, 6) is -0.821. The lowest BCUT2D eigenvalue weighted by atomic mass is 10.1. The van der Waals surface area contributed by atoms with Crippen LogP contribution in [0.5, 0.6) is 0 Å². The fourth-order valence-corrected chi connectivity index (χ4v) is 3.83. The third-order valence-electron chi connectivity index (χ3n) is 3.66. The number of nitrogens with one attached hydrogen (secondary N) is 1. The van der Waals surface area contributed by atoms with Crippen LogP contribution in [-0.2, 0) is 10.0 Å². The van der Waals surface area contributed by atoms with E-state index in [2.05, 4.69) is 9.62 Å². The van der Waals surface area contributed by atoms with Crippen LogP contribution in [0.4, 0.5) is 10.1 Å². The number of anilines is 1. The predicted molar refractivity (Wildman–Crippen MR) is 80.9 cm³/mol. The molecule has 0 atom stereocenters. The highest BCUT2D eigenvalue weighted by atomic mass is 32.2. The number of nitrogens with two attached hydrogens (primary N) is 1. The molecule has 0 bridgehead atoms. The van der Waals surface area contributed by atoms with E-state index in [1.54, 1.807) is 0 Å². The van der Waals surface area contributed by atoms with Gasteiger partial charge in [0.15, 0.2) is 0 Å². The van der Waals surface area contributed by atoms with Gasteiger partial charge in [-0.15, -0.1) is 0 Å². The number of sulfonamides is 1. The number of likely N-dealkylation sites (tertiary alicyclic amines) is 1. The molecule has 0 aliphatic carbocycles. The van der Waals surface area contributed by atoms with Crippen molar-refractivity contribution in [2.45, 2.75) is 30.6 Å². The summed E-state index contributed by atoms with van der Waals surface area (Å²) in [4.78, 5) is 1.87. The Labute approximate surface area is 125 Å². The van der Waals surface area contributed by atoms with Crippen LogP contribution < -0.4 is 10.5 Å². The Bertz CT molecular complexity index is 551. The molecule has 1 heterocycles. The number of nitrogens with zero attached hydrogens (tertiary/aromatic N) is 1. The highest BCUT2D eigenvalue weighted by Gasteiger charge is 2.21. The second-order valence-corrected chi connectivity index (χ2v) is 7.02. The third-order valence-corrected chi connectivity index (χ3v) is 5.21. The summed E-state index contributed by atoms with van der Waals surface area (Å²) in [7, 11) is -3.89. The van der Waals surface area contributed by atoms with Crippen LogP contribution in [-0.4, -0.2) is 39.5 Å². The van der Waals surface area contributed by atoms with E-state index in [0.29, 0.717) is 6.42 Å². The zero-order chi connectivity index (χ0) is 15.3. The molecule has 1 aromatic rings. The van der Waals surface area contributed by atoms with Crippen LogP contribution in [0.2, 0.25) is 0 Å². The first-order valence-corrected chi connectivity index (χ1v) is 8.75. The lowest BCUT2D eigenvalue weighted by Gasteiger charge is -2.26. The molecule has 2 rings (SSSR count). The van der Waals surface area contributed by atoms with Gasteiger partial charge in [0.2, 0.25) is 10.0 Å². The van der Waals surface area contributed by atoms with Gasteiger partial charge in [0, 0.05) is 6.54 Å². The fraction of sp³-hybridized carbons (Fsp3) is 0.571. The third kappa shape index (κ3) is 4.39. The topological polar surface area (TPSA) is 75.4 Å². The summed E-state index contributed by atoms with van der Waals surface area (Å²) >= 11 is 0. The highest BCUT2D eigenvalue weighted by molar-refractivity contribution is 7.89. The molecule has 0 spiro atoms. The molecule has 1 saturated heterocycles. The van der Waals surface area contributed by atoms with Crippen LogP contribution >= 0.6 is 0 Å². The summed E-state index contributed by atoms with van der Waals surface area (Å²) in [5.41, 5.74) is 5.49. The summed E-state index contributed by atoms with van der Waals surface area (Å²) in [5, 5.41) is 0. The molecule has 0 radical (unpaired) electrons. The smallest absolute Gasteiger partial charge is 0.245 e. The molecule has 3 N–H and O–H groups in total. The van der Waals surface area contributed by atoms with Crippen molar-refractivity contribution in [3.63, 3.8) is 0 Å². The highest BCUT2D eigenvalue weighted by Crippen LogP contribution is 2.21. The van der Waals surface area contributed by atoms with Crippen LogP contribution in [0.15, 0.2) is 23.1 Å². The molecule has 1 fully saturated rings. The molecule has 5 nitrogen and oxygen atoms in total. The largest absolute Gasteiger partial charge is 0.398 e. The van der Waals surface area contributed by atoms with Gasteiger partial charge in [-0.3, -0.25) is 0 Å². The zero-order valence-electron chi connectivity index (χ0n) is 12.0. The Morgan fingerprint density at radius 2 is 1.95 bits per heavy atom. The van der Waals surface area contributed by atoms with E-state index in [1.807, 2.05) is 0 Å². The maximum Gasteiger partial charge on any atom is 0.245 e. The minimum absolute atomic E-state index is 0.0708. The molecule has 0 amide bonds. The summed E-state index contributed by atoms with van der Waals surface area (Å²) in [6.07, 6.45) is 4.39. The standard InChI is InChI=1S/C14H22FN3O2S/c15-12-6-4-7-13(16)14(12)21(19,20)17-8-5-11-18-9-2-1-3-10-18/h4,6-7,17H,1-3,5,8-11,16H2. The fourth-order valence-electron chi connectivity index (χ4n) is 2.57. The van der Waals surface area contributed by atoms with Gasteiger partial charge >= 0.3 is 0 Å². The quantitative estimate of drug-likeness (QED) is 0.617. The van der Waals surface area contributed by atoms with Crippen LogP contribution in [0.25, 0.3) is 0 Å². The Morgan fingerprint density at radius 1 is 1.24 bits per heavy atom. The number of rotatable bonds is 6. The number of hydrogen-bond acceptors (Lipinski definition) is 4. The van der Waals surface area contributed by atoms with Gasteiger partial charge in [0.05, 0.1) is 5.69 Å². The first-order valence-electron chi connectivity index (χ1n) is 7.27. The number of piperidine rings is 1. The van der Waals surface area contributed by atoms with E-state index >= 15 is 0 Å². The van der Waals surface area contributed by atoms with E-state index < -0.39 is 20.7 Å². The Balaban J connectivity index is 1.86. The maximum absolute atomic E-state index is 13.6. The Hall–Kier alpha value is -1.18. The van der Waals surface area contributed by atoms with Gasteiger partial charge in [0.25, 0.3) is 0 Å². The van der Waals surface area contributed by atoms with E-state index in [0.717, 1.165) is 25.7 Å². The monoisotopic (exact) mass is 315 g/mol. The van der Waals surface area contributed by atoms with Gasteiger partial charge in [-0.25, -0.2) is 17.5 Å². The lowest BCUT2D eigenvalue weighted by Crippen LogP contribution is -2.33. The minimum Gasteiger partial charge on any atom is -0.398 e. The van der Waals surface area contributed by atoms with Crippen molar-refractivity contribution in [3.05, 3.63) is 24.0 Å². The van der Waals surface area contributed by atoms with E-state index in [1.165, 1.54) is 31.4 Å². The Morgan fingerprint density at radius 3 is 2.62 bits per heavy atom. The van der Waals surface area contributed by atoms with Crippen molar-refractivity contribution < 1.29 is 12.8 Å². The van der Waals surface area contributed by atoms with Crippen molar-refractivity contribution in [1.29, 1.82) is 0 Å². The molecule has 1 aromatic carbocycles. The molecular weight excluding hydrogens is 293 g/mol. The van der Waals surface area contributed by atoms with Gasteiger partial charge in [-0.1, -0.05) is 12.5 Å². The first-order chi connectivity index (χ1) is 10.0. The van der Waals surface area contributed by atoms with Gasteiger partial charge in [-0.2, -0.15) is 0 Å². The van der Waals surface area contributed by atoms with Crippen LogP contribution in [0.3, 0.4) is 0 Å². The van der Waals surface area contributed by atoms with Crippen molar-refractivity contribution in [2.75, 3.05) is 31.9 Å². The zero-order valence-corrected chi connectivity index (χ0v) is 12.8. The van der Waals surface area contributed by atoms with Crippen molar-refractivity contribution in [1.82, 2.24) is 9.62 Å². The summed E-state index contributed by atoms with van der Waals surface area (Å²) in [6.45, 7) is 3.29. The van der Waals surface area contributed by atoms with E-state index in [4.69, 9.17) is 5.73 Å². The van der Waals surface area contributed by atoms with Crippen LogP contribution in [0, 0.1) is 5.82 Å². The molecule has 118 valence electrons. The predicted octanol–water partition coefficient (Wildman–Crippen LogP) is 1.56. The number of benzene rings is 1. The number of nitrogen functional groups attached to an aromatic ring is 1. The molecule has 0 saturated carbocycles. The van der Waals surface area contributed by atoms with Crippen molar-refractivity contribution in [3.8, 4) is 0 Å². The second kappa shape index (κ2) is 7.20. The van der Waals surface area contributed by atoms with Crippen molar-refractivity contribution >= 4 is 15.7 Å². The molecule has 21 heavy (non-hydrogen) atoms. The van der Waals surface area contributed by atoms with E-state index in [9.17, 15) is 12.8 Å². The lowest BCUT2D eigenvalue weighted by molar-refractivity contribution is 0.227. The second-order valence-electron chi connectivity index (χ2n) is 5.31. The van der Waals surface area contributed by atoms with Gasteiger partial charge in [0.1, 0.15) is 10.7 Å². The number of hydrogen-bond donors (Lipinski definition) is 2. The van der Waals surface area contributed by atoms with Gasteiger partial charge < -0.3 is 10.6 Å². The molecule has 7 heteroatoms. The first kappa shape index (κ1) is 16.2. The SMILES string of the molecule is Nc1cccc(F)c1S(=O)(=O)NCCCN1CCCCC1. The van der Waals surface area contributed by atoms with E-state index in [-0.39, 0.29) is 12.2 Å². The molecule has 1 aliphatic rings. The average molecular weight is 315 g/mol. The normalized spacial score (nSPS) is 17.0. The maximum atomic E-state index is 13.6. The Kier molecular flexibility index (Phi) is 5.55. The minimum atomic E-state index is -3.89. The van der Waals surface area contributed by atoms with Crippen molar-refractivity contribution in [2.24, 2.45) is 0 Å². The van der Waals surface area contributed by atoms with Crippen LogP contribution in [0.1, 0.15) is 25.7 Å². The van der Waals surface area contributed by atoms with Gasteiger partial charge in [-0.05, 0) is 51.0 Å². The summed E-state index contributed by atoms with van der Waals surface area (Å²) < 4.78 is 40.2.